The van der Waals surface area contributed by atoms with E-state index in [0.29, 0.717) is 5.92 Å². The van der Waals surface area contributed by atoms with E-state index < -0.39 is 0 Å². The fourth-order valence-electron chi connectivity index (χ4n) is 2.47. The van der Waals surface area contributed by atoms with Gasteiger partial charge in [-0.05, 0) is 19.3 Å². The molecule has 0 atom stereocenters. The minimum Gasteiger partial charge on any atom is -0.396 e. The van der Waals surface area contributed by atoms with E-state index in [9.17, 15) is 0 Å². The molecular weight excluding hydrogens is 214 g/mol. The van der Waals surface area contributed by atoms with Gasteiger partial charge in [-0.2, -0.15) is 5.10 Å². The Labute approximate surface area is 102 Å². The van der Waals surface area contributed by atoms with Gasteiger partial charge in [0.2, 0.25) is 0 Å². The number of aryl methyl sites for hydroxylation is 1. The van der Waals surface area contributed by atoms with E-state index in [-0.39, 0.29) is 6.61 Å². The van der Waals surface area contributed by atoms with Gasteiger partial charge in [-0.1, -0.05) is 25.7 Å². The number of aromatic nitrogens is 3. The quantitative estimate of drug-likeness (QED) is 0.813. The molecule has 1 aromatic rings. The Morgan fingerprint density at radius 3 is 2.65 bits per heavy atom. The maximum Gasteiger partial charge on any atom is 0.151 e. The van der Waals surface area contributed by atoms with Crippen LogP contribution in [0.1, 0.15) is 62.4 Å². The Kier molecular flexibility index (Phi) is 4.86. The Hall–Kier alpha value is -1.03. The monoisotopic (exact) mass is 235 g/mol. The summed E-state index contributed by atoms with van der Waals surface area (Å²) in [6, 6.07) is 0. The first-order valence-electron chi connectivity index (χ1n) is 6.69. The van der Waals surface area contributed by atoms with Crippen LogP contribution in [0.4, 0.5) is 0 Å². The van der Waals surface area contributed by atoms with E-state index in [2.05, 4.69) is 15.2 Å². The molecule has 2 rings (SSSR count). The zero-order valence-electron chi connectivity index (χ0n) is 10.3. The van der Waals surface area contributed by atoms with Crippen molar-refractivity contribution < 1.29 is 5.11 Å². The lowest BCUT2D eigenvalue weighted by Gasteiger charge is -2.13. The van der Waals surface area contributed by atoms with Gasteiger partial charge in [0.15, 0.2) is 5.82 Å². The molecule has 1 heterocycles. The molecule has 94 valence electrons. The standard InChI is InChI=1S/C13H21N3O/c17-9-5-8-13-15-12(10-14-16-13)11-6-3-1-2-4-7-11/h10-11,17H,1-9H2. The fraction of sp³-hybridized carbons (Fsp3) is 0.769. The third-order valence-corrected chi connectivity index (χ3v) is 3.45. The van der Waals surface area contributed by atoms with Crippen molar-refractivity contribution in [2.45, 2.75) is 57.3 Å². The average molecular weight is 235 g/mol. The van der Waals surface area contributed by atoms with Crippen LogP contribution in [0.3, 0.4) is 0 Å². The molecule has 0 saturated heterocycles. The van der Waals surface area contributed by atoms with E-state index in [4.69, 9.17) is 5.11 Å². The number of rotatable bonds is 4. The molecule has 1 aliphatic carbocycles. The Morgan fingerprint density at radius 2 is 1.94 bits per heavy atom. The van der Waals surface area contributed by atoms with Gasteiger partial charge >= 0.3 is 0 Å². The molecule has 0 aromatic carbocycles. The van der Waals surface area contributed by atoms with Crippen LogP contribution in [0.5, 0.6) is 0 Å². The molecule has 4 nitrogen and oxygen atoms in total. The van der Waals surface area contributed by atoms with E-state index in [1.807, 2.05) is 6.20 Å². The molecule has 1 fully saturated rings. The summed E-state index contributed by atoms with van der Waals surface area (Å²) in [6.45, 7) is 0.191. The Balaban J connectivity index is 2.03. The predicted molar refractivity (Wildman–Crippen MR) is 65.7 cm³/mol. The van der Waals surface area contributed by atoms with Gasteiger partial charge in [0.05, 0.1) is 11.9 Å². The number of hydrogen-bond acceptors (Lipinski definition) is 4. The van der Waals surface area contributed by atoms with Crippen LogP contribution < -0.4 is 0 Å². The van der Waals surface area contributed by atoms with Crippen LogP contribution in [-0.4, -0.2) is 26.9 Å². The van der Waals surface area contributed by atoms with Crippen LogP contribution >= 0.6 is 0 Å². The van der Waals surface area contributed by atoms with Crippen molar-refractivity contribution in [1.29, 1.82) is 0 Å². The van der Waals surface area contributed by atoms with Crippen molar-refractivity contribution in [1.82, 2.24) is 15.2 Å². The normalized spacial score (nSPS) is 17.9. The summed E-state index contributed by atoms with van der Waals surface area (Å²) in [4.78, 5) is 4.59. The number of aliphatic hydroxyl groups is 1. The summed E-state index contributed by atoms with van der Waals surface area (Å²) in [5.41, 5.74) is 1.11. The first-order chi connectivity index (χ1) is 8.40. The Bertz CT molecular complexity index is 335. The molecular formula is C13H21N3O. The SMILES string of the molecule is OCCCc1nncc(C2CCCCCC2)n1. The zero-order valence-corrected chi connectivity index (χ0v) is 10.3. The van der Waals surface area contributed by atoms with Crippen LogP contribution in [0.15, 0.2) is 6.20 Å². The van der Waals surface area contributed by atoms with Crippen molar-refractivity contribution in [3.8, 4) is 0 Å². The molecule has 0 aliphatic heterocycles. The number of nitrogens with zero attached hydrogens (tertiary/aromatic N) is 3. The predicted octanol–water partition coefficient (Wildman–Crippen LogP) is 2.23. The van der Waals surface area contributed by atoms with E-state index in [1.165, 1.54) is 38.5 Å². The molecule has 17 heavy (non-hydrogen) atoms. The van der Waals surface area contributed by atoms with Crippen molar-refractivity contribution in [3.63, 3.8) is 0 Å². The minimum atomic E-state index is 0.191. The summed E-state index contributed by atoms with van der Waals surface area (Å²) >= 11 is 0. The van der Waals surface area contributed by atoms with Crippen LogP contribution in [0.25, 0.3) is 0 Å². The topological polar surface area (TPSA) is 58.9 Å². The van der Waals surface area contributed by atoms with E-state index in [1.54, 1.807) is 0 Å². The molecule has 0 spiro atoms. The lowest BCUT2D eigenvalue weighted by atomic mass is 9.97. The maximum atomic E-state index is 8.81. The third kappa shape index (κ3) is 3.73. The Morgan fingerprint density at radius 1 is 1.18 bits per heavy atom. The van der Waals surface area contributed by atoms with E-state index >= 15 is 0 Å². The highest BCUT2D eigenvalue weighted by atomic mass is 16.2. The van der Waals surface area contributed by atoms with E-state index in [0.717, 1.165) is 24.4 Å². The van der Waals surface area contributed by atoms with Crippen molar-refractivity contribution in [2.75, 3.05) is 6.61 Å². The second-order valence-electron chi connectivity index (χ2n) is 4.81. The van der Waals surface area contributed by atoms with Gasteiger partial charge in [-0.15, -0.1) is 5.10 Å². The molecule has 4 heteroatoms. The lowest BCUT2D eigenvalue weighted by Crippen LogP contribution is -2.07. The van der Waals surface area contributed by atoms with Crippen LogP contribution in [0, 0.1) is 0 Å². The first-order valence-corrected chi connectivity index (χ1v) is 6.69. The summed E-state index contributed by atoms with van der Waals surface area (Å²) in [6.07, 6.45) is 11.1. The molecule has 1 aliphatic rings. The van der Waals surface area contributed by atoms with Gasteiger partial charge in [0, 0.05) is 18.9 Å². The second kappa shape index (κ2) is 6.64. The van der Waals surface area contributed by atoms with Gasteiger partial charge in [0.1, 0.15) is 0 Å². The van der Waals surface area contributed by atoms with Crippen LogP contribution in [0.2, 0.25) is 0 Å². The lowest BCUT2D eigenvalue weighted by molar-refractivity contribution is 0.287. The molecule has 1 N–H and O–H groups in total. The minimum absolute atomic E-state index is 0.191. The van der Waals surface area contributed by atoms with Gasteiger partial charge in [-0.25, -0.2) is 4.98 Å². The second-order valence-corrected chi connectivity index (χ2v) is 4.81. The highest BCUT2D eigenvalue weighted by molar-refractivity contribution is 5.04. The molecule has 0 unspecified atom stereocenters. The zero-order chi connectivity index (χ0) is 11.9. The summed E-state index contributed by atoms with van der Waals surface area (Å²) in [5.74, 6) is 1.35. The molecule has 1 saturated carbocycles. The molecule has 0 bridgehead atoms. The average Bonchev–Trinajstić information content (AvgIpc) is 2.65. The highest BCUT2D eigenvalue weighted by Crippen LogP contribution is 2.29. The van der Waals surface area contributed by atoms with Crippen molar-refractivity contribution >= 4 is 0 Å². The fourth-order valence-corrected chi connectivity index (χ4v) is 2.47. The molecule has 0 amide bonds. The smallest absolute Gasteiger partial charge is 0.151 e. The molecule has 1 aromatic heterocycles. The first kappa shape index (κ1) is 12.4. The largest absolute Gasteiger partial charge is 0.396 e. The maximum absolute atomic E-state index is 8.81. The van der Waals surface area contributed by atoms with Crippen molar-refractivity contribution in [2.24, 2.45) is 0 Å². The third-order valence-electron chi connectivity index (χ3n) is 3.45. The highest BCUT2D eigenvalue weighted by Gasteiger charge is 2.16. The summed E-state index contributed by atoms with van der Waals surface area (Å²) in [7, 11) is 0. The van der Waals surface area contributed by atoms with Crippen LogP contribution in [-0.2, 0) is 6.42 Å². The van der Waals surface area contributed by atoms with Gasteiger partial charge in [0.25, 0.3) is 0 Å². The summed E-state index contributed by atoms with van der Waals surface area (Å²) in [5, 5.41) is 16.9. The van der Waals surface area contributed by atoms with Crippen molar-refractivity contribution in [3.05, 3.63) is 17.7 Å². The number of hydrogen-bond donors (Lipinski definition) is 1. The van der Waals surface area contributed by atoms with Gasteiger partial charge < -0.3 is 5.11 Å². The number of aliphatic hydroxyl groups excluding tert-OH is 1. The molecule has 0 radical (unpaired) electrons. The van der Waals surface area contributed by atoms with Gasteiger partial charge in [-0.3, -0.25) is 0 Å². The summed E-state index contributed by atoms with van der Waals surface area (Å²) < 4.78 is 0.